The zero-order valence-electron chi connectivity index (χ0n) is 9.14. The van der Waals surface area contributed by atoms with Gasteiger partial charge in [0.25, 0.3) is 6.47 Å². The van der Waals surface area contributed by atoms with Gasteiger partial charge >= 0.3 is 0 Å². The van der Waals surface area contributed by atoms with E-state index in [1.807, 2.05) is 13.8 Å². The average molecular weight is 186 g/mol. The lowest BCUT2D eigenvalue weighted by Gasteiger charge is -2.22. The third-order valence-corrected chi connectivity index (χ3v) is 2.25. The first-order valence-electron chi connectivity index (χ1n) is 5.24. The number of unbranched alkanes of at least 4 members (excludes halogenated alkanes) is 4. The molecule has 0 saturated carbocycles. The fourth-order valence-electron chi connectivity index (χ4n) is 1.34. The molecule has 13 heavy (non-hydrogen) atoms. The van der Waals surface area contributed by atoms with Crippen molar-refractivity contribution >= 4 is 6.47 Å². The highest BCUT2D eigenvalue weighted by Gasteiger charge is 2.17. The standard InChI is InChI=1S/C11H22O2/c1-4-5-6-7-8-9-11(2,3)13-10-12/h10H,4-9H2,1-3H3. The second kappa shape index (κ2) is 6.93. The molecule has 0 aromatic carbocycles. The van der Waals surface area contributed by atoms with E-state index in [4.69, 9.17) is 4.74 Å². The molecule has 0 aliphatic rings. The van der Waals surface area contributed by atoms with E-state index in [2.05, 4.69) is 6.92 Å². The van der Waals surface area contributed by atoms with Gasteiger partial charge in [0.05, 0.1) is 0 Å². The van der Waals surface area contributed by atoms with Crippen LogP contribution in [-0.2, 0) is 9.53 Å². The monoisotopic (exact) mass is 186 g/mol. The van der Waals surface area contributed by atoms with Crippen LogP contribution in [0.15, 0.2) is 0 Å². The van der Waals surface area contributed by atoms with E-state index in [-0.39, 0.29) is 5.60 Å². The van der Waals surface area contributed by atoms with E-state index in [0.29, 0.717) is 6.47 Å². The number of carbonyl (C=O) groups excluding carboxylic acids is 1. The number of carbonyl (C=O) groups is 1. The Hall–Kier alpha value is -0.530. The Balaban J connectivity index is 3.34. The van der Waals surface area contributed by atoms with Gasteiger partial charge in [-0.3, -0.25) is 4.79 Å². The van der Waals surface area contributed by atoms with Gasteiger partial charge in [-0.1, -0.05) is 32.6 Å². The molecular weight excluding hydrogens is 164 g/mol. The Kier molecular flexibility index (Phi) is 6.65. The van der Waals surface area contributed by atoms with E-state index < -0.39 is 0 Å². The van der Waals surface area contributed by atoms with Crippen LogP contribution in [0.5, 0.6) is 0 Å². The predicted octanol–water partition coefficient (Wildman–Crippen LogP) is 3.30. The van der Waals surface area contributed by atoms with Crippen LogP contribution in [-0.4, -0.2) is 12.1 Å². The fourth-order valence-corrected chi connectivity index (χ4v) is 1.34. The van der Waals surface area contributed by atoms with Crippen LogP contribution < -0.4 is 0 Å². The first kappa shape index (κ1) is 12.5. The summed E-state index contributed by atoms with van der Waals surface area (Å²) < 4.78 is 4.96. The Morgan fingerprint density at radius 2 is 1.77 bits per heavy atom. The maximum atomic E-state index is 10.1. The molecule has 78 valence electrons. The molecule has 0 amide bonds. The molecule has 0 unspecified atom stereocenters. The van der Waals surface area contributed by atoms with Gasteiger partial charge in [0.1, 0.15) is 5.60 Å². The minimum Gasteiger partial charge on any atom is -0.462 e. The minimum absolute atomic E-state index is 0.270. The van der Waals surface area contributed by atoms with Gasteiger partial charge in [-0.25, -0.2) is 0 Å². The summed E-state index contributed by atoms with van der Waals surface area (Å²) >= 11 is 0. The number of hydrogen-bond acceptors (Lipinski definition) is 2. The van der Waals surface area contributed by atoms with Crippen molar-refractivity contribution in [3.05, 3.63) is 0 Å². The smallest absolute Gasteiger partial charge is 0.293 e. The quantitative estimate of drug-likeness (QED) is 0.429. The summed E-state index contributed by atoms with van der Waals surface area (Å²) in [4.78, 5) is 10.1. The van der Waals surface area contributed by atoms with Crippen LogP contribution in [0.25, 0.3) is 0 Å². The summed E-state index contributed by atoms with van der Waals surface area (Å²) in [5.41, 5.74) is -0.270. The first-order valence-corrected chi connectivity index (χ1v) is 5.24. The molecule has 2 heteroatoms. The molecule has 2 nitrogen and oxygen atoms in total. The van der Waals surface area contributed by atoms with Crippen molar-refractivity contribution in [3.63, 3.8) is 0 Å². The molecule has 0 aromatic heterocycles. The number of rotatable bonds is 8. The summed E-state index contributed by atoms with van der Waals surface area (Å²) in [6.07, 6.45) is 7.26. The average Bonchev–Trinajstić information content (AvgIpc) is 2.04. The highest BCUT2D eigenvalue weighted by Crippen LogP contribution is 2.18. The lowest BCUT2D eigenvalue weighted by molar-refractivity contribution is -0.140. The molecule has 0 aliphatic heterocycles. The van der Waals surface area contributed by atoms with Crippen LogP contribution in [0.4, 0.5) is 0 Å². The molecule has 0 saturated heterocycles. The van der Waals surface area contributed by atoms with Crippen molar-refractivity contribution in [2.45, 2.75) is 64.9 Å². The molecule has 0 fully saturated rings. The molecule has 0 spiro atoms. The molecule has 0 aromatic rings. The van der Waals surface area contributed by atoms with Gasteiger partial charge in [-0.05, 0) is 26.7 Å². The SMILES string of the molecule is CCCCCCCC(C)(C)OC=O. The third kappa shape index (κ3) is 7.82. The van der Waals surface area contributed by atoms with Crippen molar-refractivity contribution in [1.29, 1.82) is 0 Å². The third-order valence-electron chi connectivity index (χ3n) is 2.25. The Bertz CT molecular complexity index is 130. The topological polar surface area (TPSA) is 26.3 Å². The van der Waals surface area contributed by atoms with Gasteiger partial charge in [0, 0.05) is 0 Å². The molecule has 0 rings (SSSR count). The highest BCUT2D eigenvalue weighted by atomic mass is 16.5. The molecule has 0 atom stereocenters. The maximum absolute atomic E-state index is 10.1. The zero-order valence-corrected chi connectivity index (χ0v) is 9.14. The normalized spacial score (nSPS) is 11.3. The van der Waals surface area contributed by atoms with E-state index in [1.54, 1.807) is 0 Å². The highest BCUT2D eigenvalue weighted by molar-refractivity contribution is 5.38. The van der Waals surface area contributed by atoms with Gasteiger partial charge in [-0.2, -0.15) is 0 Å². The van der Waals surface area contributed by atoms with E-state index in [1.165, 1.54) is 25.7 Å². The van der Waals surface area contributed by atoms with Crippen molar-refractivity contribution in [3.8, 4) is 0 Å². The van der Waals surface area contributed by atoms with Gasteiger partial charge in [0.15, 0.2) is 0 Å². The number of ether oxygens (including phenoxy) is 1. The summed E-state index contributed by atoms with van der Waals surface area (Å²) in [5.74, 6) is 0. The zero-order chi connectivity index (χ0) is 10.2. The number of hydrogen-bond donors (Lipinski definition) is 0. The van der Waals surface area contributed by atoms with Crippen molar-refractivity contribution < 1.29 is 9.53 Å². The van der Waals surface area contributed by atoms with E-state index >= 15 is 0 Å². The summed E-state index contributed by atoms with van der Waals surface area (Å²) in [5, 5.41) is 0. The minimum atomic E-state index is -0.270. The molecule has 0 heterocycles. The summed E-state index contributed by atoms with van der Waals surface area (Å²) in [6, 6.07) is 0. The van der Waals surface area contributed by atoms with Gasteiger partial charge in [0.2, 0.25) is 0 Å². The first-order chi connectivity index (χ1) is 6.12. The maximum Gasteiger partial charge on any atom is 0.293 e. The summed E-state index contributed by atoms with van der Waals surface area (Å²) in [6.45, 7) is 6.67. The van der Waals surface area contributed by atoms with E-state index in [0.717, 1.165) is 12.8 Å². The predicted molar refractivity (Wildman–Crippen MR) is 54.6 cm³/mol. The van der Waals surface area contributed by atoms with Crippen molar-refractivity contribution in [2.24, 2.45) is 0 Å². The van der Waals surface area contributed by atoms with Crippen LogP contribution in [0, 0.1) is 0 Å². The van der Waals surface area contributed by atoms with Gasteiger partial charge < -0.3 is 4.74 Å². The second-order valence-corrected chi connectivity index (χ2v) is 4.14. The van der Waals surface area contributed by atoms with Gasteiger partial charge in [-0.15, -0.1) is 0 Å². The molecule has 0 radical (unpaired) electrons. The summed E-state index contributed by atoms with van der Waals surface area (Å²) in [7, 11) is 0. The largest absolute Gasteiger partial charge is 0.462 e. The molecule has 0 bridgehead atoms. The fraction of sp³-hybridized carbons (Fsp3) is 0.909. The van der Waals surface area contributed by atoms with Crippen molar-refractivity contribution in [1.82, 2.24) is 0 Å². The molecule has 0 aliphatic carbocycles. The van der Waals surface area contributed by atoms with Crippen LogP contribution in [0.3, 0.4) is 0 Å². The Morgan fingerprint density at radius 1 is 1.15 bits per heavy atom. The lowest BCUT2D eigenvalue weighted by atomic mass is 10.00. The molecular formula is C11H22O2. The Labute approximate surface area is 81.7 Å². The Morgan fingerprint density at radius 3 is 2.31 bits per heavy atom. The molecule has 0 N–H and O–H groups in total. The lowest BCUT2D eigenvalue weighted by Crippen LogP contribution is -2.23. The second-order valence-electron chi connectivity index (χ2n) is 4.14. The van der Waals surface area contributed by atoms with Crippen LogP contribution in [0.2, 0.25) is 0 Å². The van der Waals surface area contributed by atoms with Crippen LogP contribution >= 0.6 is 0 Å². The van der Waals surface area contributed by atoms with Crippen LogP contribution in [0.1, 0.15) is 59.3 Å². The van der Waals surface area contributed by atoms with Crippen molar-refractivity contribution in [2.75, 3.05) is 0 Å². The van der Waals surface area contributed by atoms with E-state index in [9.17, 15) is 4.79 Å².